The van der Waals surface area contributed by atoms with Gasteiger partial charge in [0.15, 0.2) is 5.54 Å². The first-order chi connectivity index (χ1) is 13.0. The van der Waals surface area contributed by atoms with E-state index in [0.717, 1.165) is 32.1 Å². The summed E-state index contributed by atoms with van der Waals surface area (Å²) in [5.41, 5.74) is 0.112. The standard InChI is InChI=1S/C21H20Cl2N2O2/c22-16-10-6-14(7-11-16)21(15-8-12-17(23)13-9-15)19(26)25(20(27)24-21)18-4-2-1-3-5-18/h6-13,18H,1-5H2,(H,24,27). The molecule has 3 amide bonds. The topological polar surface area (TPSA) is 49.4 Å². The molecule has 27 heavy (non-hydrogen) atoms. The molecule has 1 aliphatic carbocycles. The van der Waals surface area contributed by atoms with Gasteiger partial charge >= 0.3 is 6.03 Å². The molecule has 4 nitrogen and oxygen atoms in total. The second-order valence-corrected chi connectivity index (χ2v) is 8.03. The molecule has 0 atom stereocenters. The highest BCUT2D eigenvalue weighted by molar-refractivity contribution is 6.31. The van der Waals surface area contributed by atoms with Crippen LogP contribution in [0.15, 0.2) is 48.5 Å². The molecule has 2 aliphatic rings. The number of carbonyl (C=O) groups is 2. The zero-order chi connectivity index (χ0) is 19.0. The summed E-state index contributed by atoms with van der Waals surface area (Å²) >= 11 is 12.1. The highest BCUT2D eigenvalue weighted by Crippen LogP contribution is 2.39. The molecule has 140 valence electrons. The summed E-state index contributed by atoms with van der Waals surface area (Å²) < 4.78 is 0. The van der Waals surface area contributed by atoms with E-state index in [9.17, 15) is 9.59 Å². The third-order valence-electron chi connectivity index (χ3n) is 5.55. The molecule has 0 unspecified atom stereocenters. The van der Waals surface area contributed by atoms with Crippen molar-refractivity contribution in [1.29, 1.82) is 0 Å². The van der Waals surface area contributed by atoms with E-state index in [1.54, 1.807) is 48.5 Å². The van der Waals surface area contributed by atoms with Crippen LogP contribution in [-0.4, -0.2) is 22.9 Å². The Kier molecular flexibility index (Phi) is 4.87. The smallest absolute Gasteiger partial charge is 0.315 e. The molecule has 1 saturated carbocycles. The second kappa shape index (κ2) is 7.17. The largest absolute Gasteiger partial charge is 0.325 e. The lowest BCUT2D eigenvalue weighted by Crippen LogP contribution is -2.46. The summed E-state index contributed by atoms with van der Waals surface area (Å²) in [6.07, 6.45) is 4.94. The third kappa shape index (κ3) is 3.11. The van der Waals surface area contributed by atoms with Crippen molar-refractivity contribution in [2.24, 2.45) is 0 Å². The minimum absolute atomic E-state index is 0.0484. The summed E-state index contributed by atoms with van der Waals surface area (Å²) in [5, 5.41) is 4.14. The van der Waals surface area contributed by atoms with Crippen LogP contribution in [0.4, 0.5) is 4.79 Å². The van der Waals surface area contributed by atoms with Crippen LogP contribution in [0.5, 0.6) is 0 Å². The number of nitrogens with zero attached hydrogens (tertiary/aromatic N) is 1. The summed E-state index contributed by atoms with van der Waals surface area (Å²) in [7, 11) is 0. The summed E-state index contributed by atoms with van der Waals surface area (Å²) in [6, 6.07) is 13.7. The fourth-order valence-electron chi connectivity index (χ4n) is 4.18. The van der Waals surface area contributed by atoms with Crippen molar-refractivity contribution in [3.63, 3.8) is 0 Å². The lowest BCUT2D eigenvalue weighted by atomic mass is 9.82. The van der Waals surface area contributed by atoms with E-state index in [4.69, 9.17) is 23.2 Å². The molecule has 1 heterocycles. The molecular formula is C21H20Cl2N2O2. The second-order valence-electron chi connectivity index (χ2n) is 7.16. The van der Waals surface area contributed by atoms with Gasteiger partial charge in [-0.3, -0.25) is 9.69 Å². The molecule has 0 spiro atoms. The minimum Gasteiger partial charge on any atom is -0.315 e. The van der Waals surface area contributed by atoms with Crippen molar-refractivity contribution in [3.8, 4) is 0 Å². The average molecular weight is 403 g/mol. The number of hydrogen-bond donors (Lipinski definition) is 1. The van der Waals surface area contributed by atoms with Gasteiger partial charge in [-0.15, -0.1) is 0 Å². The first kappa shape index (κ1) is 18.3. The van der Waals surface area contributed by atoms with Gasteiger partial charge in [0.05, 0.1) is 0 Å². The first-order valence-electron chi connectivity index (χ1n) is 9.20. The van der Waals surface area contributed by atoms with Crippen LogP contribution in [0.25, 0.3) is 0 Å². The van der Waals surface area contributed by atoms with Gasteiger partial charge in [-0.25, -0.2) is 4.79 Å². The Hall–Kier alpha value is -2.04. The number of halogens is 2. The van der Waals surface area contributed by atoms with Crippen LogP contribution in [0.3, 0.4) is 0 Å². The fraction of sp³-hybridized carbons (Fsp3) is 0.333. The molecule has 0 aromatic heterocycles. The van der Waals surface area contributed by atoms with Gasteiger partial charge in [0.25, 0.3) is 5.91 Å². The number of nitrogens with one attached hydrogen (secondary N) is 1. The Bertz CT molecular complexity index is 813. The molecular weight excluding hydrogens is 383 g/mol. The van der Waals surface area contributed by atoms with Gasteiger partial charge < -0.3 is 5.32 Å². The van der Waals surface area contributed by atoms with Crippen molar-refractivity contribution >= 4 is 35.1 Å². The molecule has 0 bridgehead atoms. The van der Waals surface area contributed by atoms with Gasteiger partial charge in [0.2, 0.25) is 0 Å². The molecule has 2 aromatic rings. The maximum Gasteiger partial charge on any atom is 0.325 e. The maximum atomic E-state index is 13.7. The molecule has 1 aliphatic heterocycles. The van der Waals surface area contributed by atoms with Crippen molar-refractivity contribution in [2.75, 3.05) is 0 Å². The van der Waals surface area contributed by atoms with E-state index in [2.05, 4.69) is 5.32 Å². The number of rotatable bonds is 3. The normalized spacial score (nSPS) is 20.0. The number of amides is 3. The summed E-state index contributed by atoms with van der Waals surface area (Å²) in [6.45, 7) is 0. The van der Waals surface area contributed by atoms with Crippen LogP contribution in [-0.2, 0) is 10.3 Å². The van der Waals surface area contributed by atoms with Crippen molar-refractivity contribution in [2.45, 2.75) is 43.7 Å². The molecule has 1 N–H and O–H groups in total. The average Bonchev–Trinajstić information content (AvgIpc) is 2.95. The maximum absolute atomic E-state index is 13.7. The molecule has 6 heteroatoms. The highest BCUT2D eigenvalue weighted by atomic mass is 35.5. The SMILES string of the molecule is O=C1NC(c2ccc(Cl)cc2)(c2ccc(Cl)cc2)C(=O)N1C1CCCCC1. The first-order valence-corrected chi connectivity index (χ1v) is 9.96. The van der Waals surface area contributed by atoms with Gasteiger partial charge in [0.1, 0.15) is 0 Å². The van der Waals surface area contributed by atoms with Crippen LogP contribution in [0, 0.1) is 0 Å². The number of hydrogen-bond acceptors (Lipinski definition) is 2. The predicted molar refractivity (Wildman–Crippen MR) is 106 cm³/mol. The Morgan fingerprint density at radius 3 is 1.78 bits per heavy atom. The summed E-state index contributed by atoms with van der Waals surface area (Å²) in [4.78, 5) is 28.0. The number of benzene rings is 2. The summed E-state index contributed by atoms with van der Waals surface area (Å²) in [5.74, 6) is -0.232. The predicted octanol–water partition coefficient (Wildman–Crippen LogP) is 5.12. The molecule has 1 saturated heterocycles. The van der Waals surface area contributed by atoms with Gasteiger partial charge in [0, 0.05) is 16.1 Å². The Morgan fingerprint density at radius 2 is 1.30 bits per heavy atom. The molecule has 2 aromatic carbocycles. The molecule has 0 radical (unpaired) electrons. The quantitative estimate of drug-likeness (QED) is 0.723. The lowest BCUT2D eigenvalue weighted by Gasteiger charge is -2.31. The fourth-order valence-corrected chi connectivity index (χ4v) is 4.43. The monoisotopic (exact) mass is 402 g/mol. The van der Waals surface area contributed by atoms with Gasteiger partial charge in [-0.1, -0.05) is 66.7 Å². The van der Waals surface area contributed by atoms with E-state index in [1.165, 1.54) is 4.90 Å². The van der Waals surface area contributed by atoms with Crippen molar-refractivity contribution in [3.05, 3.63) is 69.7 Å². The van der Waals surface area contributed by atoms with Gasteiger partial charge in [-0.05, 0) is 48.2 Å². The third-order valence-corrected chi connectivity index (χ3v) is 6.05. The number of urea groups is 1. The van der Waals surface area contributed by atoms with Crippen LogP contribution in [0.1, 0.15) is 43.2 Å². The number of imide groups is 1. The van der Waals surface area contributed by atoms with E-state index in [0.29, 0.717) is 21.2 Å². The lowest BCUT2D eigenvalue weighted by molar-refractivity contribution is -0.132. The van der Waals surface area contributed by atoms with Crippen LogP contribution >= 0.6 is 23.2 Å². The Labute approximate surface area is 168 Å². The van der Waals surface area contributed by atoms with Crippen LogP contribution < -0.4 is 5.32 Å². The Morgan fingerprint density at radius 1 is 0.815 bits per heavy atom. The highest BCUT2D eigenvalue weighted by Gasteiger charge is 2.55. The van der Waals surface area contributed by atoms with Crippen LogP contribution in [0.2, 0.25) is 10.0 Å². The van der Waals surface area contributed by atoms with E-state index in [-0.39, 0.29) is 18.0 Å². The zero-order valence-electron chi connectivity index (χ0n) is 14.8. The van der Waals surface area contributed by atoms with Gasteiger partial charge in [-0.2, -0.15) is 0 Å². The minimum atomic E-state index is -1.26. The molecule has 4 rings (SSSR count). The van der Waals surface area contributed by atoms with Crippen molar-refractivity contribution in [1.82, 2.24) is 10.2 Å². The Balaban J connectivity index is 1.83. The van der Waals surface area contributed by atoms with E-state index in [1.807, 2.05) is 0 Å². The number of carbonyl (C=O) groups excluding carboxylic acids is 2. The molecule has 2 fully saturated rings. The van der Waals surface area contributed by atoms with E-state index >= 15 is 0 Å². The van der Waals surface area contributed by atoms with Crippen molar-refractivity contribution < 1.29 is 9.59 Å². The zero-order valence-corrected chi connectivity index (χ0v) is 16.3. The van der Waals surface area contributed by atoms with E-state index < -0.39 is 5.54 Å².